The van der Waals surface area contributed by atoms with Gasteiger partial charge in [-0.2, -0.15) is 26.3 Å². The largest absolute Gasteiger partial charge is 0.391 e. The number of aliphatic hydroxyl groups is 2. The number of halogens is 6. The highest BCUT2D eigenvalue weighted by Gasteiger charge is 2.33. The summed E-state index contributed by atoms with van der Waals surface area (Å²) in [6.07, 6.45) is -16.6. The maximum Gasteiger partial charge on any atom is 0.391 e. The van der Waals surface area contributed by atoms with Gasteiger partial charge < -0.3 is 19.7 Å². The molecule has 0 fully saturated rings. The molecule has 0 heterocycles. The summed E-state index contributed by atoms with van der Waals surface area (Å²) in [4.78, 5) is 11.9. The molecule has 0 rings (SSSR count). The fourth-order valence-electron chi connectivity index (χ4n) is 2.71. The molecule has 0 aliphatic carbocycles. The van der Waals surface area contributed by atoms with Crippen molar-refractivity contribution in [2.45, 2.75) is 88.1 Å². The van der Waals surface area contributed by atoms with Gasteiger partial charge in [0.1, 0.15) is 12.2 Å². The molecular formula is C17H28F6O5. The summed E-state index contributed by atoms with van der Waals surface area (Å²) in [6, 6.07) is 0. The van der Waals surface area contributed by atoms with Gasteiger partial charge in [0.15, 0.2) is 5.78 Å². The molecule has 0 amide bonds. The van der Waals surface area contributed by atoms with Crippen molar-refractivity contribution >= 4 is 5.78 Å². The number of hydrogen-bond acceptors (Lipinski definition) is 5. The normalized spacial score (nSPS) is 17.2. The van der Waals surface area contributed by atoms with Crippen LogP contribution in [0.15, 0.2) is 0 Å². The molecule has 0 aliphatic heterocycles. The first-order valence-electron chi connectivity index (χ1n) is 8.88. The summed E-state index contributed by atoms with van der Waals surface area (Å²) >= 11 is 0. The molecule has 4 atom stereocenters. The number of rotatable bonds is 14. The van der Waals surface area contributed by atoms with Crippen LogP contribution in [-0.2, 0) is 14.3 Å². The minimum absolute atomic E-state index is 0.0244. The Balaban J connectivity index is 4.23. The Morgan fingerprint density at radius 3 is 1.32 bits per heavy atom. The van der Waals surface area contributed by atoms with E-state index >= 15 is 0 Å². The Bertz CT molecular complexity index is 403. The van der Waals surface area contributed by atoms with E-state index in [2.05, 4.69) is 0 Å². The third kappa shape index (κ3) is 13.3. The fraction of sp³-hybridized carbons (Fsp3) is 0.941. The van der Waals surface area contributed by atoms with E-state index in [4.69, 9.17) is 9.47 Å². The molecule has 0 aromatic rings. The maximum atomic E-state index is 12.3. The number of aliphatic hydroxyl groups excluding tert-OH is 2. The average molecular weight is 426 g/mol. The summed E-state index contributed by atoms with van der Waals surface area (Å²) in [5.74, 6) is -0.908. The van der Waals surface area contributed by atoms with Crippen LogP contribution in [0, 0.1) is 0 Å². The van der Waals surface area contributed by atoms with Gasteiger partial charge in [-0.1, -0.05) is 0 Å². The van der Waals surface area contributed by atoms with E-state index in [0.717, 1.165) is 14.2 Å². The Kier molecular flexibility index (Phi) is 12.2. The van der Waals surface area contributed by atoms with Gasteiger partial charge in [0.05, 0.1) is 25.0 Å². The molecule has 0 radical (unpaired) electrons. The topological polar surface area (TPSA) is 76.0 Å². The summed E-state index contributed by atoms with van der Waals surface area (Å²) < 4.78 is 83.3. The van der Waals surface area contributed by atoms with E-state index in [0.29, 0.717) is 0 Å². The van der Waals surface area contributed by atoms with Crippen LogP contribution in [0.5, 0.6) is 0 Å². The van der Waals surface area contributed by atoms with Crippen LogP contribution in [0.25, 0.3) is 0 Å². The molecular weight excluding hydrogens is 398 g/mol. The lowest BCUT2D eigenvalue weighted by atomic mass is 9.98. The zero-order valence-electron chi connectivity index (χ0n) is 15.9. The third-order valence-corrected chi connectivity index (χ3v) is 4.25. The lowest BCUT2D eigenvalue weighted by Gasteiger charge is -2.19. The highest BCUT2D eigenvalue weighted by Crippen LogP contribution is 2.26. The van der Waals surface area contributed by atoms with Gasteiger partial charge in [-0.05, 0) is 38.5 Å². The summed E-state index contributed by atoms with van der Waals surface area (Å²) in [7, 11) is 2.27. The predicted molar refractivity (Wildman–Crippen MR) is 87.7 cm³/mol. The van der Waals surface area contributed by atoms with Crippen LogP contribution < -0.4 is 0 Å². The number of hydrogen-bond donors (Lipinski definition) is 2. The van der Waals surface area contributed by atoms with Gasteiger partial charge in [0.2, 0.25) is 0 Å². The van der Waals surface area contributed by atoms with Gasteiger partial charge in [-0.3, -0.25) is 4.79 Å². The van der Waals surface area contributed by atoms with Crippen molar-refractivity contribution in [1.29, 1.82) is 0 Å². The van der Waals surface area contributed by atoms with Gasteiger partial charge in [0.25, 0.3) is 0 Å². The van der Waals surface area contributed by atoms with Crippen LogP contribution in [0.4, 0.5) is 26.3 Å². The molecule has 0 aromatic carbocycles. The highest BCUT2D eigenvalue weighted by atomic mass is 19.4. The van der Waals surface area contributed by atoms with E-state index in [-0.39, 0.29) is 38.5 Å². The second-order valence-corrected chi connectivity index (χ2v) is 6.65. The first-order valence-corrected chi connectivity index (χ1v) is 8.88. The standard InChI is InChI=1S/C17H28F6O5/c1-27-11(9-16(18,19)20)5-3-7-13(24)15(26)14(25)8-4-6-12(28-2)10-17(21,22)23/h11-14,24-25H,3-10H2,1-2H3/t11?,12?,13-,14-/m0/s1. The molecule has 0 aromatic heterocycles. The molecule has 5 nitrogen and oxygen atoms in total. The first kappa shape index (κ1) is 27.1. The molecule has 168 valence electrons. The molecule has 2 N–H and O–H groups in total. The number of ketones is 1. The van der Waals surface area contributed by atoms with Crippen LogP contribution in [-0.4, -0.2) is 67.0 Å². The van der Waals surface area contributed by atoms with Crippen LogP contribution >= 0.6 is 0 Å². The van der Waals surface area contributed by atoms with E-state index in [1.807, 2.05) is 0 Å². The molecule has 0 saturated carbocycles. The first-order chi connectivity index (χ1) is 12.8. The molecule has 0 saturated heterocycles. The van der Waals surface area contributed by atoms with Gasteiger partial charge >= 0.3 is 12.4 Å². The fourth-order valence-corrected chi connectivity index (χ4v) is 2.71. The molecule has 0 aliphatic rings. The summed E-state index contributed by atoms with van der Waals surface area (Å²) in [5, 5.41) is 19.5. The highest BCUT2D eigenvalue weighted by molar-refractivity contribution is 5.86. The zero-order valence-corrected chi connectivity index (χ0v) is 15.9. The van der Waals surface area contributed by atoms with E-state index in [9.17, 15) is 41.4 Å². The van der Waals surface area contributed by atoms with Crippen LogP contribution in [0.3, 0.4) is 0 Å². The number of methoxy groups -OCH3 is 2. The van der Waals surface area contributed by atoms with Gasteiger partial charge in [-0.15, -0.1) is 0 Å². The number of carbonyl (C=O) groups excluding carboxylic acids is 1. The van der Waals surface area contributed by atoms with Crippen molar-refractivity contribution in [3.63, 3.8) is 0 Å². The Morgan fingerprint density at radius 2 is 1.07 bits per heavy atom. The maximum absolute atomic E-state index is 12.3. The minimum Gasteiger partial charge on any atom is -0.385 e. The number of Topliss-reactive ketones (excluding diaryl/α,β-unsaturated/α-hetero) is 1. The SMILES string of the molecule is COC(CCC[C@H](O)C(=O)[C@@H](O)CCCC(CC(F)(F)F)OC)CC(F)(F)F. The van der Waals surface area contributed by atoms with Crippen molar-refractivity contribution in [2.24, 2.45) is 0 Å². The second-order valence-electron chi connectivity index (χ2n) is 6.65. The van der Waals surface area contributed by atoms with Crippen molar-refractivity contribution < 1.29 is 50.8 Å². The van der Waals surface area contributed by atoms with Crippen molar-refractivity contribution in [1.82, 2.24) is 0 Å². The van der Waals surface area contributed by atoms with E-state index in [1.165, 1.54) is 0 Å². The van der Waals surface area contributed by atoms with E-state index in [1.54, 1.807) is 0 Å². The zero-order chi connectivity index (χ0) is 22.0. The third-order valence-electron chi connectivity index (χ3n) is 4.25. The van der Waals surface area contributed by atoms with Gasteiger partial charge in [0, 0.05) is 14.2 Å². The molecule has 28 heavy (non-hydrogen) atoms. The summed E-state index contributed by atoms with van der Waals surface area (Å²) in [6.45, 7) is 0. The second kappa shape index (κ2) is 12.6. The van der Waals surface area contributed by atoms with Crippen LogP contribution in [0.1, 0.15) is 51.4 Å². The molecule has 0 spiro atoms. The summed E-state index contributed by atoms with van der Waals surface area (Å²) in [5.41, 5.74) is 0. The Hall–Kier alpha value is -0.910. The van der Waals surface area contributed by atoms with Crippen molar-refractivity contribution in [3.05, 3.63) is 0 Å². The number of ether oxygens (including phenoxy) is 2. The molecule has 2 unspecified atom stereocenters. The Labute approximate surface area is 160 Å². The minimum atomic E-state index is -4.39. The monoisotopic (exact) mass is 426 g/mol. The van der Waals surface area contributed by atoms with E-state index < -0.39 is 55.4 Å². The Morgan fingerprint density at radius 1 is 0.750 bits per heavy atom. The van der Waals surface area contributed by atoms with Crippen molar-refractivity contribution in [3.8, 4) is 0 Å². The molecule has 0 bridgehead atoms. The number of alkyl halides is 6. The van der Waals surface area contributed by atoms with Crippen molar-refractivity contribution in [2.75, 3.05) is 14.2 Å². The quantitative estimate of drug-likeness (QED) is 0.416. The lowest BCUT2D eigenvalue weighted by Crippen LogP contribution is -2.32. The van der Waals surface area contributed by atoms with Gasteiger partial charge in [-0.25, -0.2) is 0 Å². The smallest absolute Gasteiger partial charge is 0.385 e. The number of carbonyl (C=O) groups is 1. The average Bonchev–Trinajstić information content (AvgIpc) is 2.56. The molecule has 11 heteroatoms. The predicted octanol–water partition coefficient (Wildman–Crippen LogP) is 3.55. The lowest BCUT2D eigenvalue weighted by molar-refractivity contribution is -0.159. The van der Waals surface area contributed by atoms with Crippen LogP contribution in [0.2, 0.25) is 0 Å².